The minimum absolute atomic E-state index is 0.610. The maximum absolute atomic E-state index is 6.17. The molecule has 1 N–H and O–H groups in total. The summed E-state index contributed by atoms with van der Waals surface area (Å²) < 4.78 is 1.79. The van der Waals surface area contributed by atoms with Gasteiger partial charge in [0.05, 0.1) is 5.69 Å². The highest BCUT2D eigenvalue weighted by molar-refractivity contribution is 6.30. The van der Waals surface area contributed by atoms with Gasteiger partial charge in [0.15, 0.2) is 0 Å². The summed E-state index contributed by atoms with van der Waals surface area (Å²) in [6, 6.07) is 6.63. The standard InChI is InChI=1S/C16H22ClN5/c1-2-7-21(15-5-6-18-9-15)10-13-3-4-14(17)8-16(13)22-12-19-11-20-22/h3-4,8,11-12,15,18H,2,5-7,9-10H2,1H3. The van der Waals surface area contributed by atoms with E-state index in [1.807, 2.05) is 12.1 Å². The summed E-state index contributed by atoms with van der Waals surface area (Å²) in [6.45, 7) is 6.43. The summed E-state index contributed by atoms with van der Waals surface area (Å²) >= 11 is 6.17. The molecular weight excluding hydrogens is 298 g/mol. The second kappa shape index (κ2) is 7.22. The van der Waals surface area contributed by atoms with Gasteiger partial charge in [-0.15, -0.1) is 0 Å². The Bertz CT molecular complexity index is 593. The van der Waals surface area contributed by atoms with Crippen molar-refractivity contribution in [1.82, 2.24) is 25.0 Å². The zero-order valence-electron chi connectivity index (χ0n) is 12.9. The summed E-state index contributed by atoms with van der Waals surface area (Å²) in [5, 5.41) is 8.43. The summed E-state index contributed by atoms with van der Waals surface area (Å²) in [5.41, 5.74) is 2.24. The van der Waals surface area contributed by atoms with Gasteiger partial charge in [0.2, 0.25) is 0 Å². The minimum Gasteiger partial charge on any atom is -0.315 e. The smallest absolute Gasteiger partial charge is 0.138 e. The number of halogens is 1. The number of aromatic nitrogens is 3. The van der Waals surface area contributed by atoms with Crippen molar-refractivity contribution in [3.63, 3.8) is 0 Å². The zero-order valence-corrected chi connectivity index (χ0v) is 13.6. The van der Waals surface area contributed by atoms with Gasteiger partial charge < -0.3 is 5.32 Å². The molecule has 1 saturated heterocycles. The van der Waals surface area contributed by atoms with Crippen LogP contribution in [-0.4, -0.2) is 45.3 Å². The second-order valence-electron chi connectivity index (χ2n) is 5.73. The molecule has 22 heavy (non-hydrogen) atoms. The topological polar surface area (TPSA) is 46.0 Å². The van der Waals surface area contributed by atoms with Crippen LogP contribution in [0, 0.1) is 0 Å². The molecule has 118 valence electrons. The van der Waals surface area contributed by atoms with Gasteiger partial charge in [0.1, 0.15) is 12.7 Å². The minimum atomic E-state index is 0.610. The molecule has 3 rings (SSSR count). The number of hydrogen-bond acceptors (Lipinski definition) is 4. The number of nitrogens with one attached hydrogen (secondary N) is 1. The Morgan fingerprint density at radius 2 is 2.36 bits per heavy atom. The Hall–Kier alpha value is -1.43. The van der Waals surface area contributed by atoms with Gasteiger partial charge in [-0.05, 0) is 43.6 Å². The lowest BCUT2D eigenvalue weighted by molar-refractivity contribution is 0.199. The summed E-state index contributed by atoms with van der Waals surface area (Å²) in [4.78, 5) is 6.61. The highest BCUT2D eigenvalue weighted by atomic mass is 35.5. The molecule has 1 atom stereocenters. The molecule has 0 spiro atoms. The lowest BCUT2D eigenvalue weighted by Crippen LogP contribution is -2.37. The molecule has 2 aromatic rings. The van der Waals surface area contributed by atoms with Crippen LogP contribution in [0.25, 0.3) is 5.69 Å². The molecule has 1 aromatic carbocycles. The van der Waals surface area contributed by atoms with Gasteiger partial charge >= 0.3 is 0 Å². The first-order chi connectivity index (χ1) is 10.8. The summed E-state index contributed by atoms with van der Waals surface area (Å²) in [7, 11) is 0. The molecule has 1 aliphatic heterocycles. The molecule has 0 radical (unpaired) electrons. The van der Waals surface area contributed by atoms with E-state index in [9.17, 15) is 0 Å². The number of rotatable bonds is 6. The van der Waals surface area contributed by atoms with Crippen LogP contribution >= 0.6 is 11.6 Å². The first-order valence-electron chi connectivity index (χ1n) is 7.86. The lowest BCUT2D eigenvalue weighted by atomic mass is 10.1. The third-order valence-electron chi connectivity index (χ3n) is 4.15. The van der Waals surface area contributed by atoms with Crippen molar-refractivity contribution < 1.29 is 0 Å². The number of nitrogens with zero attached hydrogens (tertiary/aromatic N) is 4. The summed E-state index contributed by atoms with van der Waals surface area (Å²) in [6.07, 6.45) is 5.64. The Kier molecular flexibility index (Phi) is 5.08. The fraction of sp³-hybridized carbons (Fsp3) is 0.500. The molecule has 2 heterocycles. The average Bonchev–Trinajstić information content (AvgIpc) is 3.22. The molecular formula is C16H22ClN5. The second-order valence-corrected chi connectivity index (χ2v) is 6.17. The van der Waals surface area contributed by atoms with Crippen molar-refractivity contribution in [2.24, 2.45) is 0 Å². The molecule has 1 aliphatic rings. The predicted octanol–water partition coefficient (Wildman–Crippen LogP) is 2.49. The monoisotopic (exact) mass is 319 g/mol. The van der Waals surface area contributed by atoms with E-state index in [1.54, 1.807) is 17.3 Å². The van der Waals surface area contributed by atoms with Crippen LogP contribution in [0.5, 0.6) is 0 Å². The molecule has 0 saturated carbocycles. The predicted molar refractivity (Wildman–Crippen MR) is 88.3 cm³/mol. The molecule has 0 bridgehead atoms. The van der Waals surface area contributed by atoms with E-state index in [-0.39, 0.29) is 0 Å². The number of hydrogen-bond donors (Lipinski definition) is 1. The highest BCUT2D eigenvalue weighted by Gasteiger charge is 2.22. The third kappa shape index (κ3) is 3.48. The van der Waals surface area contributed by atoms with Crippen molar-refractivity contribution in [1.29, 1.82) is 0 Å². The maximum atomic E-state index is 6.17. The molecule has 5 nitrogen and oxygen atoms in total. The van der Waals surface area contributed by atoms with Gasteiger partial charge in [-0.3, -0.25) is 4.90 Å². The third-order valence-corrected chi connectivity index (χ3v) is 4.38. The van der Waals surface area contributed by atoms with Crippen LogP contribution in [0.4, 0.5) is 0 Å². The van der Waals surface area contributed by atoms with E-state index in [0.717, 1.165) is 43.3 Å². The van der Waals surface area contributed by atoms with Gasteiger partial charge in [0, 0.05) is 24.2 Å². The molecule has 6 heteroatoms. The molecule has 0 aliphatic carbocycles. The van der Waals surface area contributed by atoms with E-state index in [0.29, 0.717) is 6.04 Å². The fourth-order valence-corrected chi connectivity index (χ4v) is 3.23. The van der Waals surface area contributed by atoms with Crippen LogP contribution in [0.15, 0.2) is 30.9 Å². The van der Waals surface area contributed by atoms with E-state index >= 15 is 0 Å². The van der Waals surface area contributed by atoms with Crippen molar-refractivity contribution in [2.75, 3.05) is 19.6 Å². The highest BCUT2D eigenvalue weighted by Crippen LogP contribution is 2.22. The van der Waals surface area contributed by atoms with Crippen molar-refractivity contribution in [3.8, 4) is 5.69 Å². The maximum Gasteiger partial charge on any atom is 0.138 e. The van der Waals surface area contributed by atoms with E-state index in [2.05, 4.69) is 33.3 Å². The van der Waals surface area contributed by atoms with Gasteiger partial charge in [-0.25, -0.2) is 9.67 Å². The van der Waals surface area contributed by atoms with Crippen LogP contribution in [0.3, 0.4) is 0 Å². The first-order valence-corrected chi connectivity index (χ1v) is 8.24. The van der Waals surface area contributed by atoms with E-state index < -0.39 is 0 Å². The van der Waals surface area contributed by atoms with Gasteiger partial charge in [-0.2, -0.15) is 5.10 Å². The van der Waals surface area contributed by atoms with Gasteiger partial charge in [-0.1, -0.05) is 24.6 Å². The largest absolute Gasteiger partial charge is 0.315 e. The zero-order chi connectivity index (χ0) is 15.4. The average molecular weight is 320 g/mol. The summed E-state index contributed by atoms with van der Waals surface area (Å²) in [5.74, 6) is 0. The van der Waals surface area contributed by atoms with Crippen LogP contribution in [0.2, 0.25) is 5.02 Å². The normalized spacial score (nSPS) is 18.2. The Labute approximate surface area is 136 Å². The van der Waals surface area contributed by atoms with Gasteiger partial charge in [0.25, 0.3) is 0 Å². The molecule has 1 aromatic heterocycles. The Balaban J connectivity index is 1.86. The van der Waals surface area contributed by atoms with E-state index in [4.69, 9.17) is 11.6 Å². The van der Waals surface area contributed by atoms with Crippen LogP contribution in [-0.2, 0) is 6.54 Å². The SMILES string of the molecule is CCCN(Cc1ccc(Cl)cc1-n1cncn1)C1CCNC1. The van der Waals surface area contributed by atoms with Crippen molar-refractivity contribution >= 4 is 11.6 Å². The Morgan fingerprint density at radius 3 is 3.05 bits per heavy atom. The van der Waals surface area contributed by atoms with Crippen LogP contribution < -0.4 is 5.32 Å². The Morgan fingerprint density at radius 1 is 1.45 bits per heavy atom. The van der Waals surface area contributed by atoms with Crippen molar-refractivity contribution in [2.45, 2.75) is 32.4 Å². The quantitative estimate of drug-likeness (QED) is 0.888. The molecule has 0 amide bonds. The lowest BCUT2D eigenvalue weighted by Gasteiger charge is -2.28. The molecule has 1 fully saturated rings. The fourth-order valence-electron chi connectivity index (χ4n) is 3.06. The van der Waals surface area contributed by atoms with Crippen LogP contribution in [0.1, 0.15) is 25.3 Å². The van der Waals surface area contributed by atoms with Crippen molar-refractivity contribution in [3.05, 3.63) is 41.4 Å². The first kappa shape index (κ1) is 15.5. The molecule has 1 unspecified atom stereocenters. The van der Waals surface area contributed by atoms with E-state index in [1.165, 1.54) is 12.0 Å². The number of benzene rings is 1.